The molecular formula is C5H8O4. The van der Waals surface area contributed by atoms with E-state index in [-0.39, 0.29) is 19.5 Å². The molecule has 9 heavy (non-hydrogen) atoms. The molecule has 0 amide bonds. The van der Waals surface area contributed by atoms with Gasteiger partial charge in [0.2, 0.25) is 0 Å². The van der Waals surface area contributed by atoms with E-state index in [1.54, 1.807) is 0 Å². The van der Waals surface area contributed by atoms with Crippen molar-refractivity contribution in [1.29, 1.82) is 0 Å². The zero-order valence-corrected chi connectivity index (χ0v) is 4.87. The minimum absolute atomic E-state index is 0.0616. The van der Waals surface area contributed by atoms with Crippen LogP contribution in [-0.2, 0) is 14.3 Å². The molecule has 0 aliphatic heterocycles. The highest BCUT2D eigenvalue weighted by Crippen LogP contribution is 1.88. The zero-order chi connectivity index (χ0) is 7.11. The van der Waals surface area contributed by atoms with E-state index in [2.05, 4.69) is 4.74 Å². The lowest BCUT2D eigenvalue weighted by atomic mass is 10.3. The minimum Gasteiger partial charge on any atom is -0.396 e. The van der Waals surface area contributed by atoms with Crippen LogP contribution in [0.15, 0.2) is 0 Å². The number of hydrogen-bond donors (Lipinski definition) is 1. The van der Waals surface area contributed by atoms with E-state index in [1.807, 2.05) is 0 Å². The first-order chi connectivity index (χ1) is 4.31. The second-order valence-electron chi connectivity index (χ2n) is 1.41. The molecule has 0 rings (SSSR count). The summed E-state index contributed by atoms with van der Waals surface area (Å²) in [5, 5.41) is 8.19. The predicted molar refractivity (Wildman–Crippen MR) is 28.5 cm³/mol. The SMILES string of the molecule is O=COC(=O)CCCO. The molecule has 0 aliphatic rings. The smallest absolute Gasteiger partial charge is 0.313 e. The number of esters is 1. The molecule has 4 nitrogen and oxygen atoms in total. The van der Waals surface area contributed by atoms with Gasteiger partial charge in [-0.3, -0.25) is 9.59 Å². The van der Waals surface area contributed by atoms with Gasteiger partial charge in [0.25, 0.3) is 0 Å². The standard InChI is InChI=1S/C5H8O4/c6-3-1-2-5(8)9-4-7/h4,6H,1-3H2. The van der Waals surface area contributed by atoms with E-state index in [1.165, 1.54) is 0 Å². The first-order valence-corrected chi connectivity index (χ1v) is 2.55. The summed E-state index contributed by atoms with van der Waals surface area (Å²) in [5.74, 6) is -0.598. The summed E-state index contributed by atoms with van der Waals surface area (Å²) in [6.07, 6.45) is 0.432. The van der Waals surface area contributed by atoms with Crippen LogP contribution in [0, 0.1) is 0 Å². The van der Waals surface area contributed by atoms with Gasteiger partial charge in [-0.25, -0.2) is 0 Å². The number of rotatable bonds is 4. The number of aliphatic hydroxyl groups is 1. The highest BCUT2D eigenvalue weighted by molar-refractivity contribution is 5.76. The van der Waals surface area contributed by atoms with Gasteiger partial charge < -0.3 is 9.84 Å². The second-order valence-corrected chi connectivity index (χ2v) is 1.41. The molecule has 0 atom stereocenters. The van der Waals surface area contributed by atoms with Crippen molar-refractivity contribution in [3.05, 3.63) is 0 Å². The predicted octanol–water partition coefficient (Wildman–Crippen LogP) is -0.542. The Bertz CT molecular complexity index is 99.1. The second kappa shape index (κ2) is 5.24. The van der Waals surface area contributed by atoms with Crippen LogP contribution in [0.25, 0.3) is 0 Å². The molecule has 52 valence electrons. The highest BCUT2D eigenvalue weighted by atomic mass is 16.6. The van der Waals surface area contributed by atoms with Gasteiger partial charge in [-0.1, -0.05) is 0 Å². The van der Waals surface area contributed by atoms with Gasteiger partial charge in [0.15, 0.2) is 0 Å². The van der Waals surface area contributed by atoms with E-state index >= 15 is 0 Å². The van der Waals surface area contributed by atoms with Crippen LogP contribution in [0.4, 0.5) is 0 Å². The highest BCUT2D eigenvalue weighted by Gasteiger charge is 1.98. The maximum atomic E-state index is 10.2. The largest absolute Gasteiger partial charge is 0.396 e. The molecule has 0 aromatic rings. The molecule has 0 unspecified atom stereocenters. The third-order valence-electron chi connectivity index (χ3n) is 0.719. The Morgan fingerprint density at radius 1 is 1.67 bits per heavy atom. The Morgan fingerprint density at radius 2 is 2.33 bits per heavy atom. The molecule has 0 aromatic heterocycles. The van der Waals surface area contributed by atoms with Crippen molar-refractivity contribution in [2.45, 2.75) is 12.8 Å². The Morgan fingerprint density at radius 3 is 2.78 bits per heavy atom. The van der Waals surface area contributed by atoms with Crippen LogP contribution in [0.5, 0.6) is 0 Å². The van der Waals surface area contributed by atoms with Crippen molar-refractivity contribution in [1.82, 2.24) is 0 Å². The van der Waals surface area contributed by atoms with Crippen molar-refractivity contribution in [2.24, 2.45) is 0 Å². The fourth-order valence-corrected chi connectivity index (χ4v) is 0.336. The quantitative estimate of drug-likeness (QED) is 0.317. The Balaban J connectivity index is 3.16. The van der Waals surface area contributed by atoms with Crippen molar-refractivity contribution in [3.8, 4) is 0 Å². The van der Waals surface area contributed by atoms with Crippen molar-refractivity contribution in [2.75, 3.05) is 6.61 Å². The Labute approximate surface area is 52.4 Å². The van der Waals surface area contributed by atoms with Crippen LogP contribution in [0.2, 0.25) is 0 Å². The van der Waals surface area contributed by atoms with Gasteiger partial charge in [0, 0.05) is 13.0 Å². The summed E-state index contributed by atoms with van der Waals surface area (Å²) in [5.41, 5.74) is 0. The first-order valence-electron chi connectivity index (χ1n) is 2.55. The molecule has 4 heteroatoms. The Kier molecular flexibility index (Phi) is 4.72. The molecule has 1 N–H and O–H groups in total. The summed E-state index contributed by atoms with van der Waals surface area (Å²) in [6, 6.07) is 0. The maximum Gasteiger partial charge on any atom is 0.313 e. The lowest BCUT2D eigenvalue weighted by Crippen LogP contribution is -2.02. The molecule has 0 bridgehead atoms. The topological polar surface area (TPSA) is 63.6 Å². The molecule has 0 heterocycles. The van der Waals surface area contributed by atoms with Gasteiger partial charge in [-0.15, -0.1) is 0 Å². The molecule has 0 fully saturated rings. The minimum atomic E-state index is -0.598. The molecule has 0 radical (unpaired) electrons. The zero-order valence-electron chi connectivity index (χ0n) is 4.87. The Hall–Kier alpha value is -0.900. The molecule has 0 aliphatic carbocycles. The number of ether oxygens (including phenoxy) is 1. The normalized spacial score (nSPS) is 8.56. The molecule has 0 spiro atoms. The molecular weight excluding hydrogens is 124 g/mol. The van der Waals surface area contributed by atoms with Gasteiger partial charge in [0.1, 0.15) is 0 Å². The van der Waals surface area contributed by atoms with Crippen LogP contribution in [0.1, 0.15) is 12.8 Å². The molecule has 0 saturated heterocycles. The maximum absolute atomic E-state index is 10.2. The summed E-state index contributed by atoms with van der Waals surface area (Å²) < 4.78 is 3.91. The summed E-state index contributed by atoms with van der Waals surface area (Å²) in [4.78, 5) is 19.7. The fourth-order valence-electron chi connectivity index (χ4n) is 0.336. The first kappa shape index (κ1) is 8.10. The van der Waals surface area contributed by atoms with E-state index < -0.39 is 5.97 Å². The van der Waals surface area contributed by atoms with Crippen LogP contribution in [-0.4, -0.2) is 24.2 Å². The van der Waals surface area contributed by atoms with Crippen LogP contribution < -0.4 is 0 Å². The number of hydrogen-bond acceptors (Lipinski definition) is 4. The summed E-state index contributed by atoms with van der Waals surface area (Å²) in [7, 11) is 0. The van der Waals surface area contributed by atoms with Crippen molar-refractivity contribution in [3.63, 3.8) is 0 Å². The van der Waals surface area contributed by atoms with Gasteiger partial charge in [0.05, 0.1) is 0 Å². The lowest BCUT2D eigenvalue weighted by molar-refractivity contribution is -0.151. The van der Waals surface area contributed by atoms with Gasteiger partial charge in [-0.2, -0.15) is 0 Å². The summed E-state index contributed by atoms with van der Waals surface area (Å²) in [6.45, 7) is 0.0215. The monoisotopic (exact) mass is 132 g/mol. The van der Waals surface area contributed by atoms with E-state index in [4.69, 9.17) is 5.11 Å². The van der Waals surface area contributed by atoms with Crippen LogP contribution in [0.3, 0.4) is 0 Å². The molecule has 0 aromatic carbocycles. The number of carbonyl (C=O) groups excluding carboxylic acids is 2. The number of carbonyl (C=O) groups is 2. The number of aliphatic hydroxyl groups excluding tert-OH is 1. The lowest BCUT2D eigenvalue weighted by Gasteiger charge is -1.92. The summed E-state index contributed by atoms with van der Waals surface area (Å²) >= 11 is 0. The average molecular weight is 132 g/mol. The van der Waals surface area contributed by atoms with E-state index in [0.29, 0.717) is 6.42 Å². The van der Waals surface area contributed by atoms with Gasteiger partial charge in [-0.05, 0) is 6.42 Å². The third-order valence-corrected chi connectivity index (χ3v) is 0.719. The van der Waals surface area contributed by atoms with Gasteiger partial charge >= 0.3 is 12.4 Å². The van der Waals surface area contributed by atoms with Crippen molar-refractivity contribution < 1.29 is 19.4 Å². The fraction of sp³-hybridized carbons (Fsp3) is 0.600. The third kappa shape index (κ3) is 4.96. The average Bonchev–Trinajstić information content (AvgIpc) is 1.85. The van der Waals surface area contributed by atoms with Crippen molar-refractivity contribution >= 4 is 12.4 Å². The molecule has 0 saturated carbocycles. The van der Waals surface area contributed by atoms with Crippen LogP contribution >= 0.6 is 0 Å². The van der Waals surface area contributed by atoms with E-state index in [0.717, 1.165) is 0 Å². The van der Waals surface area contributed by atoms with E-state index in [9.17, 15) is 9.59 Å².